The summed E-state index contributed by atoms with van der Waals surface area (Å²) < 4.78 is 0. The van der Waals surface area contributed by atoms with Crippen molar-refractivity contribution in [2.24, 2.45) is 5.92 Å². The molecule has 0 saturated carbocycles. The number of rotatable bonds is 10. The number of carbonyl (C=O) groups is 3. The maximum atomic E-state index is 10.3. The third-order valence-corrected chi connectivity index (χ3v) is 5.53. The molecule has 9 heteroatoms. The average Bonchev–Trinajstić information content (AvgIpc) is 2.65. The molecule has 0 aliphatic heterocycles. The Bertz CT molecular complexity index is 761. The summed E-state index contributed by atoms with van der Waals surface area (Å²) in [6.45, 7) is 6.68. The molecule has 1 aromatic rings. The van der Waals surface area contributed by atoms with Crippen LogP contribution in [-0.4, -0.2) is 68.5 Å². The fourth-order valence-corrected chi connectivity index (χ4v) is 2.99. The highest BCUT2D eigenvalue weighted by Crippen LogP contribution is 2.33. The molecular formula is C22H32N2O7. The predicted octanol–water partition coefficient (Wildman–Crippen LogP) is 2.41. The van der Waals surface area contributed by atoms with Crippen LogP contribution < -0.4 is 0 Å². The van der Waals surface area contributed by atoms with E-state index in [4.69, 9.17) is 20.4 Å². The Morgan fingerprint density at radius 1 is 1.03 bits per heavy atom. The van der Waals surface area contributed by atoms with Gasteiger partial charge in [0.1, 0.15) is 0 Å². The van der Waals surface area contributed by atoms with Crippen LogP contribution in [0.4, 0.5) is 0 Å². The zero-order valence-electron chi connectivity index (χ0n) is 18.6. The van der Waals surface area contributed by atoms with E-state index >= 15 is 0 Å². The van der Waals surface area contributed by atoms with Gasteiger partial charge in [0, 0.05) is 5.54 Å². The Hall–Kier alpha value is -2.96. The summed E-state index contributed by atoms with van der Waals surface area (Å²) in [4.78, 5) is 32.7. The molecule has 2 unspecified atom stereocenters. The van der Waals surface area contributed by atoms with Gasteiger partial charge in [0.05, 0.1) is 24.8 Å². The van der Waals surface area contributed by atoms with Crippen LogP contribution in [-0.2, 0) is 14.4 Å². The lowest BCUT2D eigenvalue weighted by molar-refractivity contribution is -0.170. The summed E-state index contributed by atoms with van der Waals surface area (Å²) in [5, 5.41) is 43.2. The molecule has 0 amide bonds. The van der Waals surface area contributed by atoms with Crippen molar-refractivity contribution in [2.45, 2.75) is 57.1 Å². The SMILES string of the molecule is CC(C)C(C)(CC(C#N)c1ccccc1)N(C)C.O=C(O)CC(O)(CC(=O)O)C(=O)O. The zero-order valence-corrected chi connectivity index (χ0v) is 18.6. The molecule has 0 fully saturated rings. The third-order valence-electron chi connectivity index (χ3n) is 5.53. The molecule has 1 rings (SSSR count). The number of carboxylic acid groups (broad SMARTS) is 3. The lowest BCUT2D eigenvalue weighted by Crippen LogP contribution is -2.46. The first-order valence-electron chi connectivity index (χ1n) is 9.71. The van der Waals surface area contributed by atoms with Gasteiger partial charge in [-0.05, 0) is 38.9 Å². The number of benzene rings is 1. The van der Waals surface area contributed by atoms with Crippen LogP contribution in [0.15, 0.2) is 30.3 Å². The standard InChI is InChI=1S/C16H24N2.C6H8O7/c1-13(2)16(3,18(4)5)11-15(12-17)14-9-7-6-8-10-14;7-3(8)1-6(13,5(11)12)2-4(9)10/h6-10,13,15H,11H2,1-5H3;13H,1-2H2,(H,7,8)(H,9,10)(H,11,12). The molecule has 0 saturated heterocycles. The van der Waals surface area contributed by atoms with Crippen molar-refractivity contribution in [1.29, 1.82) is 5.26 Å². The topological polar surface area (TPSA) is 159 Å². The van der Waals surface area contributed by atoms with Gasteiger partial charge in [0.25, 0.3) is 0 Å². The van der Waals surface area contributed by atoms with Crippen LogP contribution >= 0.6 is 0 Å². The summed E-state index contributed by atoms with van der Waals surface area (Å²) in [5.74, 6) is -4.55. The van der Waals surface area contributed by atoms with Crippen molar-refractivity contribution in [3.05, 3.63) is 35.9 Å². The summed E-state index contributed by atoms with van der Waals surface area (Å²) >= 11 is 0. The molecule has 0 aromatic heterocycles. The Labute approximate surface area is 182 Å². The van der Waals surface area contributed by atoms with Crippen molar-refractivity contribution in [3.8, 4) is 6.07 Å². The molecule has 9 nitrogen and oxygen atoms in total. The molecule has 2 atom stereocenters. The smallest absolute Gasteiger partial charge is 0.336 e. The summed E-state index contributed by atoms with van der Waals surface area (Å²) in [6, 6.07) is 12.5. The molecule has 0 heterocycles. The van der Waals surface area contributed by atoms with Gasteiger partial charge in [0.2, 0.25) is 0 Å². The van der Waals surface area contributed by atoms with E-state index in [1.165, 1.54) is 0 Å². The normalized spacial score (nSPS) is 14.0. The van der Waals surface area contributed by atoms with Crippen molar-refractivity contribution in [3.63, 3.8) is 0 Å². The van der Waals surface area contributed by atoms with Crippen molar-refractivity contribution in [1.82, 2.24) is 4.90 Å². The summed E-state index contributed by atoms with van der Waals surface area (Å²) in [5.41, 5.74) is -1.58. The van der Waals surface area contributed by atoms with Crippen molar-refractivity contribution < 1.29 is 34.8 Å². The highest BCUT2D eigenvalue weighted by molar-refractivity contribution is 5.88. The molecule has 0 aliphatic rings. The molecule has 172 valence electrons. The van der Waals surface area contributed by atoms with Crippen LogP contribution in [0.1, 0.15) is 51.5 Å². The van der Waals surface area contributed by atoms with Gasteiger partial charge in [-0.25, -0.2) is 4.79 Å². The second-order valence-electron chi connectivity index (χ2n) is 8.18. The van der Waals surface area contributed by atoms with Crippen molar-refractivity contribution in [2.75, 3.05) is 14.1 Å². The fourth-order valence-electron chi connectivity index (χ4n) is 2.99. The van der Waals surface area contributed by atoms with Crippen LogP contribution in [0, 0.1) is 17.2 Å². The van der Waals surface area contributed by atoms with E-state index in [0.717, 1.165) is 12.0 Å². The number of hydrogen-bond acceptors (Lipinski definition) is 6. The number of nitrogens with zero attached hydrogens (tertiary/aromatic N) is 2. The van der Waals surface area contributed by atoms with Gasteiger partial charge in [0.15, 0.2) is 5.60 Å². The summed E-state index contributed by atoms with van der Waals surface area (Å²) in [7, 11) is 4.19. The van der Waals surface area contributed by atoms with E-state index in [1.54, 1.807) is 0 Å². The lowest BCUT2D eigenvalue weighted by atomic mass is 9.77. The highest BCUT2D eigenvalue weighted by Gasteiger charge is 2.40. The van der Waals surface area contributed by atoms with Crippen LogP contribution in [0.25, 0.3) is 0 Å². The second-order valence-corrected chi connectivity index (χ2v) is 8.18. The number of carboxylic acids is 3. The largest absolute Gasteiger partial charge is 0.481 e. The average molecular weight is 437 g/mol. The van der Waals surface area contributed by atoms with Gasteiger partial charge >= 0.3 is 17.9 Å². The molecule has 0 radical (unpaired) electrons. The minimum atomic E-state index is -2.74. The van der Waals surface area contributed by atoms with E-state index in [1.807, 2.05) is 30.3 Å². The Balaban J connectivity index is 0.000000615. The number of aliphatic hydroxyl groups is 1. The fraction of sp³-hybridized carbons (Fsp3) is 0.545. The van der Waals surface area contributed by atoms with E-state index in [2.05, 4.69) is 45.8 Å². The van der Waals surface area contributed by atoms with Crippen LogP contribution in [0.2, 0.25) is 0 Å². The van der Waals surface area contributed by atoms with Gasteiger partial charge < -0.3 is 25.3 Å². The monoisotopic (exact) mass is 436 g/mol. The Kier molecular flexibility index (Phi) is 10.9. The second kappa shape index (κ2) is 12.0. The Morgan fingerprint density at radius 2 is 1.48 bits per heavy atom. The maximum absolute atomic E-state index is 10.3. The predicted molar refractivity (Wildman–Crippen MR) is 113 cm³/mol. The van der Waals surface area contributed by atoms with Gasteiger partial charge in [-0.1, -0.05) is 44.2 Å². The highest BCUT2D eigenvalue weighted by atomic mass is 16.4. The molecule has 1 aromatic carbocycles. The number of nitriles is 1. The molecule has 31 heavy (non-hydrogen) atoms. The van der Waals surface area contributed by atoms with Crippen molar-refractivity contribution >= 4 is 17.9 Å². The van der Waals surface area contributed by atoms with Gasteiger partial charge in [-0.3, -0.25) is 9.59 Å². The number of aliphatic carboxylic acids is 3. The van der Waals surface area contributed by atoms with E-state index in [0.29, 0.717) is 5.92 Å². The third kappa shape index (κ3) is 8.74. The zero-order chi connectivity index (χ0) is 24.4. The molecule has 0 spiro atoms. The minimum absolute atomic E-state index is 0.0379. The Morgan fingerprint density at radius 3 is 1.77 bits per heavy atom. The molecular weight excluding hydrogens is 404 g/mol. The first-order chi connectivity index (χ1) is 14.2. The van der Waals surface area contributed by atoms with E-state index < -0.39 is 36.4 Å². The van der Waals surface area contributed by atoms with Gasteiger partial charge in [-0.2, -0.15) is 5.26 Å². The quantitative estimate of drug-likeness (QED) is 0.432. The molecule has 0 bridgehead atoms. The molecule has 0 aliphatic carbocycles. The van der Waals surface area contributed by atoms with Gasteiger partial charge in [-0.15, -0.1) is 0 Å². The summed E-state index contributed by atoms with van der Waals surface area (Å²) in [6.07, 6.45) is -1.43. The first-order valence-corrected chi connectivity index (χ1v) is 9.71. The van der Waals surface area contributed by atoms with Crippen LogP contribution in [0.5, 0.6) is 0 Å². The first kappa shape index (κ1) is 28.0. The number of hydrogen-bond donors (Lipinski definition) is 4. The lowest BCUT2D eigenvalue weighted by Gasteiger charge is -2.41. The molecule has 4 N–H and O–H groups in total. The minimum Gasteiger partial charge on any atom is -0.481 e. The maximum Gasteiger partial charge on any atom is 0.336 e. The van der Waals surface area contributed by atoms with E-state index in [-0.39, 0.29) is 11.5 Å². The van der Waals surface area contributed by atoms with Crippen LogP contribution in [0.3, 0.4) is 0 Å². The van der Waals surface area contributed by atoms with E-state index in [9.17, 15) is 19.6 Å².